The van der Waals surface area contributed by atoms with Gasteiger partial charge in [0, 0.05) is 34.9 Å². The van der Waals surface area contributed by atoms with Gasteiger partial charge in [0.2, 0.25) is 15.9 Å². The smallest absolute Gasteiger partial charge is 0.339 e. The van der Waals surface area contributed by atoms with Crippen molar-refractivity contribution in [2.45, 2.75) is 44.9 Å². The van der Waals surface area contributed by atoms with Crippen LogP contribution in [0.25, 0.3) is 21.9 Å². The Balaban J connectivity index is 1.42. The zero-order valence-corrected chi connectivity index (χ0v) is 20.0. The second-order valence-electron chi connectivity index (χ2n) is 8.46. The number of fused-ring (bicyclic) bond motifs is 2. The molecule has 4 rings (SSSR count). The van der Waals surface area contributed by atoms with E-state index in [2.05, 4.69) is 5.32 Å². The van der Waals surface area contributed by atoms with Crippen LogP contribution in [-0.4, -0.2) is 20.9 Å². The van der Waals surface area contributed by atoms with E-state index in [0.717, 1.165) is 33.0 Å². The maximum Gasteiger partial charge on any atom is 0.339 e. The SMILES string of the molecule is Cc1coc2c(C)c3oc(=O)c(CCC(=O)NCCc4ccc(S(N)(=O)=O)cc4)c(C)c3cc12. The van der Waals surface area contributed by atoms with E-state index in [1.165, 1.54) is 12.1 Å². The first kappa shape index (κ1) is 23.7. The molecule has 0 fully saturated rings. The molecule has 1 amide bonds. The van der Waals surface area contributed by atoms with Crippen LogP contribution in [-0.2, 0) is 27.7 Å². The Morgan fingerprint density at radius 2 is 1.71 bits per heavy atom. The molecule has 3 N–H and O–H groups in total. The van der Waals surface area contributed by atoms with Crippen molar-refractivity contribution < 1.29 is 22.0 Å². The highest BCUT2D eigenvalue weighted by molar-refractivity contribution is 7.89. The number of carbonyl (C=O) groups excluding carboxylic acids is 1. The summed E-state index contributed by atoms with van der Waals surface area (Å²) in [5.41, 5.74) is 4.71. The second-order valence-corrected chi connectivity index (χ2v) is 10.0. The molecule has 0 saturated carbocycles. The molecule has 8 nitrogen and oxygen atoms in total. The van der Waals surface area contributed by atoms with E-state index in [9.17, 15) is 18.0 Å². The highest BCUT2D eigenvalue weighted by atomic mass is 32.2. The van der Waals surface area contributed by atoms with Gasteiger partial charge < -0.3 is 14.2 Å². The lowest BCUT2D eigenvalue weighted by Crippen LogP contribution is -2.26. The van der Waals surface area contributed by atoms with Gasteiger partial charge in [0.05, 0.1) is 11.2 Å². The quantitative estimate of drug-likeness (QED) is 0.388. The first-order chi connectivity index (χ1) is 16.1. The summed E-state index contributed by atoms with van der Waals surface area (Å²) in [5, 5.41) is 9.74. The predicted octanol–water partition coefficient (Wildman–Crippen LogP) is 3.40. The lowest BCUT2D eigenvalue weighted by molar-refractivity contribution is -0.121. The van der Waals surface area contributed by atoms with Gasteiger partial charge in [0.25, 0.3) is 0 Å². The molecule has 0 unspecified atom stereocenters. The third-order valence-corrected chi connectivity index (χ3v) is 7.05. The molecule has 2 aromatic carbocycles. The fourth-order valence-electron chi connectivity index (χ4n) is 4.13. The number of aryl methyl sites for hydroxylation is 3. The molecule has 178 valence electrons. The van der Waals surface area contributed by atoms with Crippen molar-refractivity contribution in [2.75, 3.05) is 6.54 Å². The summed E-state index contributed by atoms with van der Waals surface area (Å²) >= 11 is 0. The molecule has 9 heteroatoms. The van der Waals surface area contributed by atoms with Gasteiger partial charge in [-0.1, -0.05) is 12.1 Å². The molecule has 2 aromatic heterocycles. The first-order valence-corrected chi connectivity index (χ1v) is 12.4. The summed E-state index contributed by atoms with van der Waals surface area (Å²) in [5.74, 6) is -0.183. The molecule has 0 atom stereocenters. The summed E-state index contributed by atoms with van der Waals surface area (Å²) in [4.78, 5) is 25.1. The van der Waals surface area contributed by atoms with Crippen LogP contribution in [0.1, 0.15) is 34.2 Å². The van der Waals surface area contributed by atoms with Gasteiger partial charge in [-0.2, -0.15) is 0 Å². The Hall–Kier alpha value is -3.43. The minimum absolute atomic E-state index is 0.0451. The molecule has 0 bridgehead atoms. The van der Waals surface area contributed by atoms with E-state index < -0.39 is 15.6 Å². The molecule has 2 heterocycles. The predicted molar refractivity (Wildman–Crippen MR) is 129 cm³/mol. The van der Waals surface area contributed by atoms with Crippen LogP contribution in [0.2, 0.25) is 0 Å². The number of rotatable bonds is 7. The van der Waals surface area contributed by atoms with Crippen LogP contribution in [0, 0.1) is 20.8 Å². The average Bonchev–Trinajstić information content (AvgIpc) is 3.15. The topological polar surface area (TPSA) is 133 Å². The summed E-state index contributed by atoms with van der Waals surface area (Å²) in [6.07, 6.45) is 2.63. The van der Waals surface area contributed by atoms with Gasteiger partial charge in [0.1, 0.15) is 11.2 Å². The molecule has 0 aliphatic carbocycles. The van der Waals surface area contributed by atoms with Gasteiger partial charge in [-0.15, -0.1) is 0 Å². The summed E-state index contributed by atoms with van der Waals surface area (Å²) < 4.78 is 33.9. The zero-order chi connectivity index (χ0) is 24.6. The van der Waals surface area contributed by atoms with Gasteiger partial charge in [-0.25, -0.2) is 18.4 Å². The molecule has 4 aromatic rings. The van der Waals surface area contributed by atoms with Crippen molar-refractivity contribution in [3.05, 3.63) is 74.8 Å². The van der Waals surface area contributed by atoms with Crippen molar-refractivity contribution in [1.82, 2.24) is 5.32 Å². The van der Waals surface area contributed by atoms with E-state index in [-0.39, 0.29) is 23.6 Å². The molecule has 0 spiro atoms. The molecule has 0 radical (unpaired) electrons. The van der Waals surface area contributed by atoms with E-state index in [0.29, 0.717) is 29.7 Å². The van der Waals surface area contributed by atoms with Crippen LogP contribution in [0.3, 0.4) is 0 Å². The Morgan fingerprint density at radius 1 is 1.00 bits per heavy atom. The Morgan fingerprint density at radius 3 is 2.38 bits per heavy atom. The minimum atomic E-state index is -3.73. The van der Waals surface area contributed by atoms with Crippen molar-refractivity contribution in [3.63, 3.8) is 0 Å². The van der Waals surface area contributed by atoms with Crippen molar-refractivity contribution in [1.29, 1.82) is 0 Å². The van der Waals surface area contributed by atoms with Gasteiger partial charge >= 0.3 is 5.63 Å². The number of hydrogen-bond donors (Lipinski definition) is 2. The van der Waals surface area contributed by atoms with E-state index in [1.54, 1.807) is 18.4 Å². The number of nitrogens with one attached hydrogen (secondary N) is 1. The maximum atomic E-state index is 12.7. The Bertz CT molecular complexity index is 1560. The molecule has 34 heavy (non-hydrogen) atoms. The van der Waals surface area contributed by atoms with Gasteiger partial charge in [-0.3, -0.25) is 4.79 Å². The monoisotopic (exact) mass is 482 g/mol. The second kappa shape index (κ2) is 9.08. The van der Waals surface area contributed by atoms with Crippen LogP contribution in [0.15, 0.2) is 55.1 Å². The van der Waals surface area contributed by atoms with Crippen LogP contribution in [0.4, 0.5) is 0 Å². The minimum Gasteiger partial charge on any atom is -0.464 e. The standard InChI is InChI=1S/C25H26N2O6S/c1-14-13-32-23-16(3)24-21(12-20(14)23)15(2)19(25(29)33-24)8-9-22(28)27-11-10-17-4-6-18(7-5-17)34(26,30)31/h4-7,12-13H,8-11H2,1-3H3,(H,27,28)(H2,26,30,31). The number of nitrogens with two attached hydrogens (primary N) is 1. The van der Waals surface area contributed by atoms with Crippen LogP contribution >= 0.6 is 0 Å². The molecule has 0 saturated heterocycles. The number of furan rings is 1. The van der Waals surface area contributed by atoms with E-state index in [1.807, 2.05) is 26.8 Å². The lowest BCUT2D eigenvalue weighted by atomic mass is 9.98. The first-order valence-electron chi connectivity index (χ1n) is 10.9. The number of hydrogen-bond acceptors (Lipinski definition) is 6. The lowest BCUT2D eigenvalue weighted by Gasteiger charge is -2.10. The number of primary sulfonamides is 1. The number of benzene rings is 2. The molecule has 0 aliphatic rings. The van der Waals surface area contributed by atoms with Crippen LogP contribution in [0.5, 0.6) is 0 Å². The summed E-state index contributed by atoms with van der Waals surface area (Å²) in [6, 6.07) is 8.18. The summed E-state index contributed by atoms with van der Waals surface area (Å²) in [7, 11) is -3.73. The van der Waals surface area contributed by atoms with Gasteiger partial charge in [-0.05, 0) is 68.5 Å². The molecular formula is C25H26N2O6S. The zero-order valence-electron chi connectivity index (χ0n) is 19.2. The molecule has 0 aliphatic heterocycles. The van der Waals surface area contributed by atoms with E-state index >= 15 is 0 Å². The third-order valence-electron chi connectivity index (χ3n) is 6.13. The van der Waals surface area contributed by atoms with Crippen molar-refractivity contribution >= 4 is 37.9 Å². The third kappa shape index (κ3) is 4.62. The van der Waals surface area contributed by atoms with Crippen molar-refractivity contribution in [3.8, 4) is 0 Å². The maximum absolute atomic E-state index is 12.7. The van der Waals surface area contributed by atoms with Crippen molar-refractivity contribution in [2.24, 2.45) is 5.14 Å². The Labute approximate surface area is 196 Å². The van der Waals surface area contributed by atoms with Gasteiger partial charge in [0.15, 0.2) is 0 Å². The highest BCUT2D eigenvalue weighted by Gasteiger charge is 2.18. The largest absolute Gasteiger partial charge is 0.464 e. The fraction of sp³-hybridized carbons (Fsp3) is 0.280. The highest BCUT2D eigenvalue weighted by Crippen LogP contribution is 2.32. The Kier molecular flexibility index (Phi) is 6.33. The average molecular weight is 483 g/mol. The number of amides is 1. The van der Waals surface area contributed by atoms with E-state index in [4.69, 9.17) is 14.0 Å². The molecular weight excluding hydrogens is 456 g/mol. The summed E-state index contributed by atoms with van der Waals surface area (Å²) in [6.45, 7) is 6.09. The normalized spacial score (nSPS) is 11.9. The number of sulfonamides is 1. The van der Waals surface area contributed by atoms with Crippen LogP contribution < -0.4 is 16.1 Å². The number of carbonyl (C=O) groups is 1. The fourth-order valence-corrected chi connectivity index (χ4v) is 4.64.